The summed E-state index contributed by atoms with van der Waals surface area (Å²) in [7, 11) is -2.17. The average molecular weight is 174 g/mol. The predicted molar refractivity (Wildman–Crippen MR) is 37.8 cm³/mol. The Morgan fingerprint density at radius 2 is 1.17 bits per heavy atom. The molecule has 0 radical (unpaired) electrons. The molecule has 0 aliphatic heterocycles. The molecule has 0 amide bonds. The van der Waals surface area contributed by atoms with Gasteiger partial charge in [-0.3, -0.25) is 0 Å². The van der Waals surface area contributed by atoms with Gasteiger partial charge in [0, 0.05) is 11.1 Å². The molecule has 0 saturated heterocycles. The first-order valence-corrected chi connectivity index (χ1v) is 3.06. The van der Waals surface area contributed by atoms with E-state index in [2.05, 4.69) is 0 Å². The Morgan fingerprint density at radius 3 is 1.25 bits per heavy atom. The van der Waals surface area contributed by atoms with Gasteiger partial charge in [-0.1, -0.05) is 12.1 Å². The van der Waals surface area contributed by atoms with Gasteiger partial charge < -0.3 is 15.1 Å². The third-order valence-corrected chi connectivity index (χ3v) is 1.37. The van der Waals surface area contributed by atoms with Crippen molar-refractivity contribution in [1.82, 2.24) is 0 Å². The highest BCUT2D eigenvalue weighted by molar-refractivity contribution is 6.30. The molecule has 0 fully saturated rings. The summed E-state index contributed by atoms with van der Waals surface area (Å²) in [6, 6.07) is 3.13. The van der Waals surface area contributed by atoms with Crippen molar-refractivity contribution in [2.75, 3.05) is 0 Å². The van der Waals surface area contributed by atoms with E-state index in [1.165, 1.54) is 0 Å². The predicted octanol–water partition coefficient (Wildman–Crippen LogP) is -0.107. The molecule has 12 heavy (non-hydrogen) atoms. The van der Waals surface area contributed by atoms with Crippen molar-refractivity contribution in [2.24, 2.45) is 0 Å². The Balaban J connectivity index is 0.000000157. The van der Waals surface area contributed by atoms with E-state index in [1.807, 2.05) is 0 Å². The van der Waals surface area contributed by atoms with Crippen molar-refractivity contribution in [1.29, 1.82) is 0 Å². The fourth-order valence-corrected chi connectivity index (χ4v) is 0.807. The van der Waals surface area contributed by atoms with Gasteiger partial charge in [0.05, 0.1) is 0 Å². The van der Waals surface area contributed by atoms with Crippen molar-refractivity contribution in [3.63, 3.8) is 0 Å². The molecule has 0 aromatic carbocycles. The van der Waals surface area contributed by atoms with Crippen LogP contribution in [0.1, 0.15) is 0 Å². The molecule has 0 bridgehead atoms. The minimum atomic E-state index is -2.17. The molecule has 0 saturated carbocycles. The zero-order valence-electron chi connectivity index (χ0n) is 5.83. The van der Waals surface area contributed by atoms with Crippen LogP contribution in [0.5, 0.6) is 0 Å². The van der Waals surface area contributed by atoms with Crippen LogP contribution in [0.3, 0.4) is 0 Å². The first-order valence-electron chi connectivity index (χ1n) is 3.06. The first kappa shape index (κ1) is 9.12. The molecule has 2 aliphatic carbocycles. The number of halogens is 2. The lowest BCUT2D eigenvalue weighted by Gasteiger charge is -2.16. The molecule has 3 nitrogen and oxygen atoms in total. The van der Waals surface area contributed by atoms with E-state index in [-0.39, 0.29) is 0 Å². The largest absolute Gasteiger partial charge is 0.631 e. The molecule has 64 valence electrons. The summed E-state index contributed by atoms with van der Waals surface area (Å²) in [5.74, 6) is -1.36. The van der Waals surface area contributed by atoms with E-state index < -0.39 is 19.0 Å². The maximum absolute atomic E-state index is 12.0. The number of hydrogen-bond acceptors (Lipinski definition) is 3. The van der Waals surface area contributed by atoms with Crippen LogP contribution in [-0.2, 0) is 0 Å². The number of hydrogen-bond donors (Lipinski definition) is 3. The summed E-state index contributed by atoms with van der Waals surface area (Å²) in [6.45, 7) is 0. The maximum Gasteiger partial charge on any atom is 0.631 e. The minimum Gasteiger partial charge on any atom is -0.402 e. The zero-order valence-corrected chi connectivity index (χ0v) is 5.83. The molecule has 2 rings (SSSR count). The second-order valence-electron chi connectivity index (χ2n) is 2.14. The van der Waals surface area contributed by atoms with Crippen molar-refractivity contribution in [2.45, 2.75) is 0 Å². The van der Waals surface area contributed by atoms with Crippen molar-refractivity contribution in [3.05, 3.63) is 23.8 Å². The molecule has 0 atom stereocenters. The van der Waals surface area contributed by atoms with E-state index in [1.54, 1.807) is 12.1 Å². The fourth-order valence-electron chi connectivity index (χ4n) is 0.807. The lowest BCUT2D eigenvalue weighted by atomic mass is 9.92. The van der Waals surface area contributed by atoms with E-state index in [9.17, 15) is 8.78 Å². The van der Waals surface area contributed by atoms with Crippen LogP contribution in [0.25, 0.3) is 11.1 Å². The lowest BCUT2D eigenvalue weighted by Crippen LogP contribution is -2.07. The average Bonchev–Trinajstić information content (AvgIpc) is 1.84. The number of rotatable bonds is 0. The molecule has 0 heterocycles. The van der Waals surface area contributed by atoms with Gasteiger partial charge in [-0.15, -0.1) is 0 Å². The van der Waals surface area contributed by atoms with E-state index in [4.69, 9.17) is 15.1 Å². The van der Waals surface area contributed by atoms with Gasteiger partial charge in [-0.25, -0.2) is 8.78 Å². The van der Waals surface area contributed by atoms with Gasteiger partial charge in [0.2, 0.25) is 0 Å². The zero-order chi connectivity index (χ0) is 9.30. The Morgan fingerprint density at radius 1 is 0.917 bits per heavy atom. The van der Waals surface area contributed by atoms with E-state index in [0.29, 0.717) is 11.1 Å². The highest BCUT2D eigenvalue weighted by Crippen LogP contribution is 2.38. The second-order valence-corrected chi connectivity index (χ2v) is 2.14. The number of benzene rings is 1. The van der Waals surface area contributed by atoms with Crippen LogP contribution in [0, 0.1) is 11.6 Å². The Hall–Kier alpha value is -0.975. The van der Waals surface area contributed by atoms with E-state index >= 15 is 0 Å². The molecule has 0 unspecified atom stereocenters. The molecule has 6 heteroatoms. The summed E-state index contributed by atoms with van der Waals surface area (Å²) >= 11 is 0. The third kappa shape index (κ3) is 1.45. The molecular formula is C6H5BF2O3. The summed E-state index contributed by atoms with van der Waals surface area (Å²) in [6.07, 6.45) is 0. The normalized spacial score (nSPS) is 10.1. The fraction of sp³-hybridized carbons (Fsp3) is 0. The maximum atomic E-state index is 12.0. The monoisotopic (exact) mass is 174 g/mol. The van der Waals surface area contributed by atoms with Crippen LogP contribution >= 0.6 is 0 Å². The minimum absolute atomic E-state index is 0.447. The van der Waals surface area contributed by atoms with Crippen LogP contribution in [0.4, 0.5) is 8.78 Å². The molecular weight excluding hydrogens is 169 g/mol. The smallest absolute Gasteiger partial charge is 0.402 e. The standard InChI is InChI=1S/C6H2F2.BH3O3/c7-5-3-1-2-4(3)6(5)8;2-1(3)4/h1-2H;2-4H. The van der Waals surface area contributed by atoms with Crippen LogP contribution in [0.2, 0.25) is 0 Å². The highest BCUT2D eigenvalue weighted by Gasteiger charge is 2.25. The second kappa shape index (κ2) is 3.18. The van der Waals surface area contributed by atoms with Gasteiger partial charge in [0.15, 0.2) is 11.6 Å². The molecule has 0 aromatic rings. The van der Waals surface area contributed by atoms with E-state index in [0.717, 1.165) is 0 Å². The highest BCUT2D eigenvalue weighted by atomic mass is 19.2. The van der Waals surface area contributed by atoms with Gasteiger partial charge >= 0.3 is 7.32 Å². The van der Waals surface area contributed by atoms with Gasteiger partial charge in [0.25, 0.3) is 0 Å². The molecule has 0 aromatic heterocycles. The first-order chi connectivity index (χ1) is 5.54. The molecule has 0 spiro atoms. The van der Waals surface area contributed by atoms with Gasteiger partial charge in [-0.2, -0.15) is 0 Å². The summed E-state index contributed by atoms with van der Waals surface area (Å²) in [5.41, 5.74) is 0.894. The Bertz CT molecular complexity index is 273. The summed E-state index contributed by atoms with van der Waals surface area (Å²) in [5, 5.41) is 21.5. The Labute approximate surface area is 67.1 Å². The summed E-state index contributed by atoms with van der Waals surface area (Å²) < 4.78 is 24.0. The van der Waals surface area contributed by atoms with Crippen molar-refractivity contribution < 1.29 is 23.9 Å². The third-order valence-electron chi connectivity index (χ3n) is 1.37. The van der Waals surface area contributed by atoms with Crippen LogP contribution in [0.15, 0.2) is 12.1 Å². The number of fused-ring (bicyclic) bond motifs is 1. The van der Waals surface area contributed by atoms with Gasteiger partial charge in [-0.05, 0) is 0 Å². The lowest BCUT2D eigenvalue weighted by molar-refractivity contribution is 0.278. The molecule has 2 aliphatic rings. The topological polar surface area (TPSA) is 60.7 Å². The SMILES string of the molecule is Fc1c2ccc-2c1F.OB(O)O. The van der Waals surface area contributed by atoms with Crippen molar-refractivity contribution in [3.8, 4) is 11.1 Å². The Kier molecular flexibility index (Phi) is 2.42. The quantitative estimate of drug-likeness (QED) is 0.488. The summed E-state index contributed by atoms with van der Waals surface area (Å²) in [4.78, 5) is 0. The van der Waals surface area contributed by atoms with Crippen molar-refractivity contribution >= 4 is 7.32 Å². The van der Waals surface area contributed by atoms with Crippen LogP contribution in [-0.4, -0.2) is 22.4 Å². The molecule has 3 N–H and O–H groups in total. The van der Waals surface area contributed by atoms with Crippen LogP contribution < -0.4 is 0 Å². The van der Waals surface area contributed by atoms with Gasteiger partial charge in [0.1, 0.15) is 0 Å².